The van der Waals surface area contributed by atoms with Crippen LogP contribution in [-0.4, -0.2) is 10.6 Å². The SMILES string of the molecule is NC1(CCc2cccc(Br)c2O)CC1. The molecule has 0 bridgehead atoms. The van der Waals surface area contributed by atoms with Crippen LogP contribution in [0.25, 0.3) is 0 Å². The van der Waals surface area contributed by atoms with Crippen molar-refractivity contribution in [3.63, 3.8) is 0 Å². The molecule has 0 unspecified atom stereocenters. The summed E-state index contributed by atoms with van der Waals surface area (Å²) in [5, 5.41) is 9.73. The zero-order valence-corrected chi connectivity index (χ0v) is 9.55. The van der Waals surface area contributed by atoms with Crippen LogP contribution in [0, 0.1) is 0 Å². The first kappa shape index (κ1) is 9.99. The third kappa shape index (κ3) is 2.10. The highest BCUT2D eigenvalue weighted by molar-refractivity contribution is 9.10. The molecule has 0 saturated heterocycles. The summed E-state index contributed by atoms with van der Waals surface area (Å²) in [6.07, 6.45) is 4.09. The third-order valence-corrected chi connectivity index (χ3v) is 3.49. The van der Waals surface area contributed by atoms with E-state index in [-0.39, 0.29) is 5.54 Å². The first-order valence-electron chi connectivity index (χ1n) is 4.86. The summed E-state index contributed by atoms with van der Waals surface area (Å²) in [5.41, 5.74) is 7.04. The molecular weight excluding hydrogens is 242 g/mol. The van der Waals surface area contributed by atoms with Crippen molar-refractivity contribution in [1.82, 2.24) is 0 Å². The van der Waals surface area contributed by atoms with Crippen LogP contribution in [0.4, 0.5) is 0 Å². The van der Waals surface area contributed by atoms with Gasteiger partial charge in [-0.2, -0.15) is 0 Å². The molecule has 3 heteroatoms. The predicted molar refractivity (Wildman–Crippen MR) is 60.3 cm³/mol. The highest BCUT2D eigenvalue weighted by atomic mass is 79.9. The van der Waals surface area contributed by atoms with Gasteiger partial charge in [0.1, 0.15) is 5.75 Å². The molecule has 1 fully saturated rings. The summed E-state index contributed by atoms with van der Waals surface area (Å²) in [5.74, 6) is 0.358. The molecule has 1 saturated carbocycles. The third-order valence-electron chi connectivity index (χ3n) is 2.85. The van der Waals surface area contributed by atoms with Gasteiger partial charge in [-0.15, -0.1) is 0 Å². The number of benzene rings is 1. The van der Waals surface area contributed by atoms with Gasteiger partial charge in [-0.3, -0.25) is 0 Å². The van der Waals surface area contributed by atoms with E-state index in [1.54, 1.807) is 0 Å². The van der Waals surface area contributed by atoms with E-state index < -0.39 is 0 Å². The van der Waals surface area contributed by atoms with Crippen LogP contribution >= 0.6 is 15.9 Å². The fourth-order valence-corrected chi connectivity index (χ4v) is 1.96. The zero-order chi connectivity index (χ0) is 10.2. The van der Waals surface area contributed by atoms with Gasteiger partial charge in [0.15, 0.2) is 0 Å². The minimum absolute atomic E-state index is 0.0642. The smallest absolute Gasteiger partial charge is 0.132 e. The van der Waals surface area contributed by atoms with Crippen LogP contribution in [0.1, 0.15) is 24.8 Å². The highest BCUT2D eigenvalue weighted by Crippen LogP contribution is 2.38. The number of halogens is 1. The van der Waals surface area contributed by atoms with Crippen molar-refractivity contribution in [3.8, 4) is 5.75 Å². The predicted octanol–water partition coefficient (Wildman–Crippen LogP) is 2.58. The highest BCUT2D eigenvalue weighted by Gasteiger charge is 2.37. The van der Waals surface area contributed by atoms with Crippen LogP contribution < -0.4 is 5.73 Å². The lowest BCUT2D eigenvalue weighted by Crippen LogP contribution is -2.22. The average molecular weight is 256 g/mol. The molecule has 0 atom stereocenters. The number of para-hydroxylation sites is 1. The fraction of sp³-hybridized carbons (Fsp3) is 0.455. The summed E-state index contributed by atoms with van der Waals surface area (Å²) in [6.45, 7) is 0. The van der Waals surface area contributed by atoms with E-state index in [0.717, 1.165) is 35.7 Å². The van der Waals surface area contributed by atoms with Crippen LogP contribution in [0.2, 0.25) is 0 Å². The molecule has 1 aliphatic rings. The maximum atomic E-state index is 9.73. The second-order valence-corrected chi connectivity index (χ2v) is 4.96. The lowest BCUT2D eigenvalue weighted by atomic mass is 10.0. The summed E-state index contributed by atoms with van der Waals surface area (Å²) >= 11 is 3.30. The van der Waals surface area contributed by atoms with Crippen molar-refractivity contribution in [2.75, 3.05) is 0 Å². The molecule has 14 heavy (non-hydrogen) atoms. The largest absolute Gasteiger partial charge is 0.506 e. The molecule has 2 nitrogen and oxygen atoms in total. The Morgan fingerprint density at radius 1 is 1.43 bits per heavy atom. The number of phenols is 1. The first-order valence-corrected chi connectivity index (χ1v) is 5.65. The van der Waals surface area contributed by atoms with Gasteiger partial charge in [0.05, 0.1) is 4.47 Å². The van der Waals surface area contributed by atoms with Crippen molar-refractivity contribution in [2.45, 2.75) is 31.2 Å². The van der Waals surface area contributed by atoms with Gasteiger partial charge in [0, 0.05) is 5.54 Å². The molecule has 2 rings (SSSR count). The number of aromatic hydroxyl groups is 1. The minimum Gasteiger partial charge on any atom is -0.506 e. The quantitative estimate of drug-likeness (QED) is 0.873. The standard InChI is InChI=1S/C11H14BrNO/c12-9-3-1-2-8(10(9)14)4-5-11(13)6-7-11/h1-3,14H,4-7,13H2. The minimum atomic E-state index is 0.0642. The van der Waals surface area contributed by atoms with Gasteiger partial charge in [0.2, 0.25) is 0 Å². The fourth-order valence-electron chi connectivity index (χ4n) is 1.56. The van der Waals surface area contributed by atoms with Gasteiger partial charge < -0.3 is 10.8 Å². The van der Waals surface area contributed by atoms with Crippen LogP contribution in [-0.2, 0) is 6.42 Å². The van der Waals surface area contributed by atoms with Crippen molar-refractivity contribution >= 4 is 15.9 Å². The van der Waals surface area contributed by atoms with Crippen molar-refractivity contribution in [2.24, 2.45) is 5.73 Å². The van der Waals surface area contributed by atoms with E-state index in [2.05, 4.69) is 15.9 Å². The second-order valence-electron chi connectivity index (χ2n) is 4.11. The van der Waals surface area contributed by atoms with Crippen LogP contribution in [0.15, 0.2) is 22.7 Å². The molecule has 0 heterocycles. The van der Waals surface area contributed by atoms with Crippen molar-refractivity contribution < 1.29 is 5.11 Å². The Morgan fingerprint density at radius 3 is 2.79 bits per heavy atom. The summed E-state index contributed by atoms with van der Waals surface area (Å²) in [4.78, 5) is 0. The van der Waals surface area contributed by atoms with Gasteiger partial charge >= 0.3 is 0 Å². The van der Waals surface area contributed by atoms with E-state index in [1.807, 2.05) is 18.2 Å². The Bertz CT molecular complexity index is 347. The summed E-state index contributed by atoms with van der Waals surface area (Å²) in [6, 6.07) is 5.73. The molecule has 0 radical (unpaired) electrons. The second kappa shape index (κ2) is 3.55. The lowest BCUT2D eigenvalue weighted by Gasteiger charge is -2.09. The van der Waals surface area contributed by atoms with E-state index in [9.17, 15) is 5.11 Å². The Hall–Kier alpha value is -0.540. The Morgan fingerprint density at radius 2 is 2.14 bits per heavy atom. The van der Waals surface area contributed by atoms with Gasteiger partial charge in [-0.05, 0) is 53.2 Å². The maximum absolute atomic E-state index is 9.73. The monoisotopic (exact) mass is 255 g/mol. The number of rotatable bonds is 3. The number of nitrogens with two attached hydrogens (primary N) is 1. The molecule has 3 N–H and O–H groups in total. The van der Waals surface area contributed by atoms with E-state index in [1.165, 1.54) is 0 Å². The van der Waals surface area contributed by atoms with E-state index >= 15 is 0 Å². The topological polar surface area (TPSA) is 46.2 Å². The van der Waals surface area contributed by atoms with Gasteiger partial charge in [0.25, 0.3) is 0 Å². The maximum Gasteiger partial charge on any atom is 0.132 e. The van der Waals surface area contributed by atoms with E-state index in [0.29, 0.717) is 5.75 Å². The molecule has 1 aliphatic carbocycles. The molecule has 0 spiro atoms. The number of hydrogen-bond donors (Lipinski definition) is 2. The van der Waals surface area contributed by atoms with Crippen molar-refractivity contribution in [1.29, 1.82) is 0 Å². The average Bonchev–Trinajstić information content (AvgIpc) is 2.88. The molecule has 1 aromatic rings. The van der Waals surface area contributed by atoms with Crippen LogP contribution in [0.5, 0.6) is 5.75 Å². The Kier molecular flexibility index (Phi) is 2.54. The molecule has 0 aliphatic heterocycles. The lowest BCUT2D eigenvalue weighted by molar-refractivity contribution is 0.461. The first-order chi connectivity index (χ1) is 6.61. The normalized spacial score (nSPS) is 18.1. The Labute approximate surface area is 92.3 Å². The summed E-state index contributed by atoms with van der Waals surface area (Å²) < 4.78 is 0.761. The molecule has 76 valence electrons. The molecule has 0 aromatic heterocycles. The number of hydrogen-bond acceptors (Lipinski definition) is 2. The Balaban J connectivity index is 2.05. The van der Waals surface area contributed by atoms with Crippen molar-refractivity contribution in [3.05, 3.63) is 28.2 Å². The number of aryl methyl sites for hydroxylation is 1. The van der Waals surface area contributed by atoms with Crippen LogP contribution in [0.3, 0.4) is 0 Å². The van der Waals surface area contributed by atoms with Gasteiger partial charge in [-0.1, -0.05) is 12.1 Å². The number of phenolic OH excluding ortho intramolecular Hbond substituents is 1. The zero-order valence-electron chi connectivity index (χ0n) is 7.96. The molecular formula is C11H14BrNO. The molecule has 0 amide bonds. The van der Waals surface area contributed by atoms with E-state index in [4.69, 9.17) is 5.73 Å². The van der Waals surface area contributed by atoms with Gasteiger partial charge in [-0.25, -0.2) is 0 Å². The summed E-state index contributed by atoms with van der Waals surface area (Å²) in [7, 11) is 0. The molecule has 1 aromatic carbocycles.